The number of hydrogen-bond donors (Lipinski definition) is 1. The van der Waals surface area contributed by atoms with E-state index in [0.29, 0.717) is 12.1 Å². The predicted molar refractivity (Wildman–Crippen MR) is 60.1 cm³/mol. The van der Waals surface area contributed by atoms with Crippen LogP contribution in [0.4, 0.5) is 0 Å². The van der Waals surface area contributed by atoms with Gasteiger partial charge in [-0.2, -0.15) is 0 Å². The summed E-state index contributed by atoms with van der Waals surface area (Å²) in [5, 5.41) is 3.56. The zero-order valence-electron chi connectivity index (χ0n) is 9.54. The number of ether oxygens (including phenoxy) is 2. The molecule has 2 aliphatic heterocycles. The maximum atomic E-state index is 5.59. The Morgan fingerprint density at radius 2 is 2.07 bits per heavy atom. The van der Waals surface area contributed by atoms with Crippen LogP contribution in [0.2, 0.25) is 0 Å². The molecule has 2 atom stereocenters. The standard InChI is InChI=1S/C12H23NO2/c1(5-12-6-3-9-15-12)7-13-11-4-2-8-14-10-11/h11-13H,1-10H2. The van der Waals surface area contributed by atoms with Gasteiger partial charge in [0.05, 0.1) is 12.7 Å². The molecule has 2 unspecified atom stereocenters. The summed E-state index contributed by atoms with van der Waals surface area (Å²) < 4.78 is 11.0. The van der Waals surface area contributed by atoms with Crippen LogP contribution >= 0.6 is 0 Å². The quantitative estimate of drug-likeness (QED) is 0.705. The third-order valence-electron chi connectivity index (χ3n) is 3.32. The second-order valence-corrected chi connectivity index (χ2v) is 4.65. The molecular weight excluding hydrogens is 190 g/mol. The summed E-state index contributed by atoms with van der Waals surface area (Å²) in [7, 11) is 0. The molecule has 0 aromatic heterocycles. The van der Waals surface area contributed by atoms with Crippen molar-refractivity contribution in [2.24, 2.45) is 0 Å². The van der Waals surface area contributed by atoms with Crippen LogP contribution in [0.3, 0.4) is 0 Å². The van der Waals surface area contributed by atoms with Crippen molar-refractivity contribution in [2.45, 2.75) is 50.7 Å². The Bertz CT molecular complexity index is 163. The smallest absolute Gasteiger partial charge is 0.0619 e. The summed E-state index contributed by atoms with van der Waals surface area (Å²) in [5.74, 6) is 0. The summed E-state index contributed by atoms with van der Waals surface area (Å²) in [6.07, 6.45) is 8.03. The summed E-state index contributed by atoms with van der Waals surface area (Å²) >= 11 is 0. The molecule has 2 rings (SSSR count). The van der Waals surface area contributed by atoms with Crippen molar-refractivity contribution < 1.29 is 9.47 Å². The van der Waals surface area contributed by atoms with E-state index in [-0.39, 0.29) is 0 Å². The SMILES string of the molecule is C1COCC(NCCCC2CCCO2)C1. The molecule has 0 saturated carbocycles. The van der Waals surface area contributed by atoms with Gasteiger partial charge in [0.15, 0.2) is 0 Å². The molecule has 0 aromatic carbocycles. The lowest BCUT2D eigenvalue weighted by Gasteiger charge is -2.23. The molecule has 2 saturated heterocycles. The van der Waals surface area contributed by atoms with E-state index < -0.39 is 0 Å². The monoisotopic (exact) mass is 213 g/mol. The number of rotatable bonds is 5. The second-order valence-electron chi connectivity index (χ2n) is 4.65. The van der Waals surface area contributed by atoms with Gasteiger partial charge in [-0.3, -0.25) is 0 Å². The summed E-state index contributed by atoms with van der Waals surface area (Å²) in [6.45, 7) is 3.95. The molecular formula is C12H23NO2. The molecule has 2 heterocycles. The highest BCUT2D eigenvalue weighted by molar-refractivity contribution is 4.71. The van der Waals surface area contributed by atoms with E-state index in [1.807, 2.05) is 0 Å². The summed E-state index contributed by atoms with van der Waals surface area (Å²) in [4.78, 5) is 0. The maximum absolute atomic E-state index is 5.59. The van der Waals surface area contributed by atoms with Crippen molar-refractivity contribution in [1.82, 2.24) is 5.32 Å². The average Bonchev–Trinajstić information content (AvgIpc) is 2.79. The van der Waals surface area contributed by atoms with E-state index in [9.17, 15) is 0 Å². The Kier molecular flexibility index (Phi) is 4.90. The largest absolute Gasteiger partial charge is 0.380 e. The van der Waals surface area contributed by atoms with Crippen LogP contribution in [0.25, 0.3) is 0 Å². The Morgan fingerprint density at radius 3 is 2.80 bits per heavy atom. The van der Waals surface area contributed by atoms with E-state index in [0.717, 1.165) is 26.4 Å². The minimum absolute atomic E-state index is 0.550. The summed E-state index contributed by atoms with van der Waals surface area (Å²) in [5.41, 5.74) is 0. The van der Waals surface area contributed by atoms with Crippen LogP contribution in [0.1, 0.15) is 38.5 Å². The average molecular weight is 213 g/mol. The maximum Gasteiger partial charge on any atom is 0.0619 e. The van der Waals surface area contributed by atoms with Gasteiger partial charge in [-0.25, -0.2) is 0 Å². The first-order valence-corrected chi connectivity index (χ1v) is 6.38. The molecule has 0 amide bonds. The first-order valence-electron chi connectivity index (χ1n) is 6.38. The molecule has 3 nitrogen and oxygen atoms in total. The van der Waals surface area contributed by atoms with Gasteiger partial charge in [-0.1, -0.05) is 0 Å². The third kappa shape index (κ3) is 4.09. The van der Waals surface area contributed by atoms with Gasteiger partial charge >= 0.3 is 0 Å². The molecule has 0 radical (unpaired) electrons. The molecule has 2 aliphatic rings. The van der Waals surface area contributed by atoms with Crippen LogP contribution in [0, 0.1) is 0 Å². The van der Waals surface area contributed by atoms with Crippen molar-refractivity contribution in [3.05, 3.63) is 0 Å². The van der Waals surface area contributed by atoms with E-state index in [1.165, 1.54) is 38.5 Å². The predicted octanol–water partition coefficient (Wildman–Crippen LogP) is 1.71. The molecule has 2 fully saturated rings. The minimum Gasteiger partial charge on any atom is -0.380 e. The van der Waals surface area contributed by atoms with Gasteiger partial charge in [-0.05, 0) is 45.1 Å². The fourth-order valence-electron chi connectivity index (χ4n) is 2.41. The van der Waals surface area contributed by atoms with Crippen LogP contribution in [-0.2, 0) is 9.47 Å². The van der Waals surface area contributed by atoms with Crippen LogP contribution < -0.4 is 5.32 Å². The third-order valence-corrected chi connectivity index (χ3v) is 3.32. The molecule has 0 spiro atoms. The van der Waals surface area contributed by atoms with Gasteiger partial charge in [0.2, 0.25) is 0 Å². The molecule has 15 heavy (non-hydrogen) atoms. The van der Waals surface area contributed by atoms with Gasteiger partial charge in [-0.15, -0.1) is 0 Å². The fraction of sp³-hybridized carbons (Fsp3) is 1.00. The Morgan fingerprint density at radius 1 is 1.13 bits per heavy atom. The number of nitrogens with one attached hydrogen (secondary N) is 1. The molecule has 1 N–H and O–H groups in total. The van der Waals surface area contributed by atoms with E-state index in [4.69, 9.17) is 9.47 Å². The lowest BCUT2D eigenvalue weighted by Crippen LogP contribution is -2.37. The van der Waals surface area contributed by atoms with Crippen LogP contribution in [0.15, 0.2) is 0 Å². The van der Waals surface area contributed by atoms with Gasteiger partial charge in [0, 0.05) is 19.3 Å². The first kappa shape index (κ1) is 11.4. The summed E-state index contributed by atoms with van der Waals surface area (Å²) in [6, 6.07) is 0.600. The molecule has 0 bridgehead atoms. The lowest BCUT2D eigenvalue weighted by molar-refractivity contribution is 0.0690. The van der Waals surface area contributed by atoms with E-state index in [1.54, 1.807) is 0 Å². The van der Waals surface area contributed by atoms with Crippen molar-refractivity contribution >= 4 is 0 Å². The molecule has 0 aliphatic carbocycles. The van der Waals surface area contributed by atoms with Crippen molar-refractivity contribution in [2.75, 3.05) is 26.4 Å². The van der Waals surface area contributed by atoms with E-state index >= 15 is 0 Å². The zero-order chi connectivity index (χ0) is 10.3. The first-order chi connectivity index (χ1) is 7.45. The normalized spacial score (nSPS) is 32.0. The minimum atomic E-state index is 0.550. The second kappa shape index (κ2) is 6.46. The Balaban J connectivity index is 1.47. The van der Waals surface area contributed by atoms with E-state index in [2.05, 4.69) is 5.32 Å². The molecule has 88 valence electrons. The van der Waals surface area contributed by atoms with Crippen molar-refractivity contribution in [3.8, 4) is 0 Å². The molecule has 0 aromatic rings. The molecule has 3 heteroatoms. The van der Waals surface area contributed by atoms with Crippen LogP contribution in [0.5, 0.6) is 0 Å². The van der Waals surface area contributed by atoms with Gasteiger partial charge < -0.3 is 14.8 Å². The topological polar surface area (TPSA) is 30.5 Å². The number of hydrogen-bond acceptors (Lipinski definition) is 3. The lowest BCUT2D eigenvalue weighted by atomic mass is 10.1. The highest BCUT2D eigenvalue weighted by atomic mass is 16.5. The zero-order valence-corrected chi connectivity index (χ0v) is 9.54. The van der Waals surface area contributed by atoms with Crippen molar-refractivity contribution in [1.29, 1.82) is 0 Å². The van der Waals surface area contributed by atoms with Gasteiger partial charge in [0.25, 0.3) is 0 Å². The van der Waals surface area contributed by atoms with Crippen molar-refractivity contribution in [3.63, 3.8) is 0 Å². The Labute approximate surface area is 92.5 Å². The fourth-order valence-corrected chi connectivity index (χ4v) is 2.41. The van der Waals surface area contributed by atoms with Crippen LogP contribution in [-0.4, -0.2) is 38.5 Å². The Hall–Kier alpha value is -0.120. The highest BCUT2D eigenvalue weighted by Crippen LogP contribution is 2.16. The highest BCUT2D eigenvalue weighted by Gasteiger charge is 2.16. The van der Waals surface area contributed by atoms with Gasteiger partial charge in [0.1, 0.15) is 0 Å².